The second-order valence-electron chi connectivity index (χ2n) is 7.76. The van der Waals surface area contributed by atoms with E-state index in [1.807, 2.05) is 59.3 Å². The number of rotatable bonds is 4. The van der Waals surface area contributed by atoms with Crippen LogP contribution < -0.4 is 10.2 Å². The SMILES string of the molecule is O=C1NC(=S)N(c2cccc(F)c2)C(=O)/C1=C/c1cn(Cc2ccccc2Cl)c2ccccc12. The molecular formula is C26H17ClFN3O2S. The summed E-state index contributed by atoms with van der Waals surface area (Å²) in [4.78, 5) is 27.2. The number of fused-ring (bicyclic) bond motifs is 1. The van der Waals surface area contributed by atoms with Crippen molar-refractivity contribution in [3.8, 4) is 0 Å². The van der Waals surface area contributed by atoms with Gasteiger partial charge in [0.15, 0.2) is 5.11 Å². The number of benzene rings is 3. The number of carbonyl (C=O) groups is 2. The average molecular weight is 490 g/mol. The molecule has 2 heterocycles. The maximum Gasteiger partial charge on any atom is 0.270 e. The molecule has 5 rings (SSSR count). The highest BCUT2D eigenvalue weighted by molar-refractivity contribution is 7.80. The third kappa shape index (κ3) is 4.00. The van der Waals surface area contributed by atoms with Gasteiger partial charge in [0.1, 0.15) is 11.4 Å². The predicted molar refractivity (Wildman–Crippen MR) is 135 cm³/mol. The lowest BCUT2D eigenvalue weighted by atomic mass is 10.1. The zero-order valence-corrected chi connectivity index (χ0v) is 19.2. The molecule has 1 N–H and O–H groups in total. The molecule has 2 amide bonds. The minimum Gasteiger partial charge on any atom is -0.342 e. The van der Waals surface area contributed by atoms with Crippen molar-refractivity contribution in [2.24, 2.45) is 0 Å². The molecule has 3 aromatic carbocycles. The summed E-state index contributed by atoms with van der Waals surface area (Å²) in [6, 6.07) is 20.8. The van der Waals surface area contributed by atoms with E-state index in [1.54, 1.807) is 6.07 Å². The van der Waals surface area contributed by atoms with Crippen molar-refractivity contribution in [2.45, 2.75) is 6.54 Å². The Kier molecular flexibility index (Phi) is 5.73. The molecule has 0 atom stereocenters. The smallest absolute Gasteiger partial charge is 0.270 e. The number of amides is 2. The summed E-state index contributed by atoms with van der Waals surface area (Å²) in [7, 11) is 0. The zero-order valence-electron chi connectivity index (χ0n) is 17.7. The monoisotopic (exact) mass is 489 g/mol. The molecule has 1 fully saturated rings. The van der Waals surface area contributed by atoms with Crippen LogP contribution in [0, 0.1) is 5.82 Å². The Balaban J connectivity index is 1.58. The first-order chi connectivity index (χ1) is 16.4. The maximum atomic E-state index is 13.8. The van der Waals surface area contributed by atoms with E-state index in [9.17, 15) is 14.0 Å². The first-order valence-electron chi connectivity index (χ1n) is 10.4. The van der Waals surface area contributed by atoms with Crippen molar-refractivity contribution in [3.05, 3.63) is 107 Å². The van der Waals surface area contributed by atoms with Crippen LogP contribution in [0.5, 0.6) is 0 Å². The van der Waals surface area contributed by atoms with Crippen LogP contribution in [0.1, 0.15) is 11.1 Å². The lowest BCUT2D eigenvalue weighted by Crippen LogP contribution is -2.54. The second-order valence-corrected chi connectivity index (χ2v) is 8.55. The van der Waals surface area contributed by atoms with Crippen molar-refractivity contribution < 1.29 is 14.0 Å². The molecule has 0 saturated carbocycles. The average Bonchev–Trinajstić information content (AvgIpc) is 3.15. The number of aromatic nitrogens is 1. The van der Waals surface area contributed by atoms with Gasteiger partial charge in [-0.1, -0.05) is 54.1 Å². The lowest BCUT2D eigenvalue weighted by Gasteiger charge is -2.28. The molecular weight excluding hydrogens is 473 g/mol. The number of anilines is 1. The summed E-state index contributed by atoms with van der Waals surface area (Å²) in [5, 5.41) is 3.96. The second kappa shape index (κ2) is 8.85. The van der Waals surface area contributed by atoms with Gasteiger partial charge in [-0.3, -0.25) is 19.8 Å². The molecule has 0 spiro atoms. The Morgan fingerprint density at radius 2 is 1.76 bits per heavy atom. The summed E-state index contributed by atoms with van der Waals surface area (Å²) < 4.78 is 15.8. The highest BCUT2D eigenvalue weighted by Gasteiger charge is 2.34. The number of thiocarbonyl (C=S) groups is 1. The van der Waals surface area contributed by atoms with Crippen LogP contribution in [0.4, 0.5) is 10.1 Å². The normalized spacial score (nSPS) is 15.3. The highest BCUT2D eigenvalue weighted by Crippen LogP contribution is 2.28. The van der Waals surface area contributed by atoms with Crippen LogP contribution in [-0.4, -0.2) is 21.5 Å². The number of para-hydroxylation sites is 1. The van der Waals surface area contributed by atoms with Gasteiger partial charge in [-0.15, -0.1) is 0 Å². The van der Waals surface area contributed by atoms with E-state index in [1.165, 1.54) is 24.3 Å². The van der Waals surface area contributed by atoms with Crippen LogP contribution >= 0.6 is 23.8 Å². The van der Waals surface area contributed by atoms with Gasteiger partial charge in [-0.05, 0) is 54.2 Å². The van der Waals surface area contributed by atoms with E-state index in [2.05, 4.69) is 5.32 Å². The van der Waals surface area contributed by atoms with Crippen molar-refractivity contribution in [2.75, 3.05) is 4.90 Å². The Bertz CT molecular complexity index is 1510. The first kappa shape index (κ1) is 22.0. The third-order valence-electron chi connectivity index (χ3n) is 5.59. The fourth-order valence-electron chi connectivity index (χ4n) is 3.99. The molecule has 0 aliphatic carbocycles. The van der Waals surface area contributed by atoms with E-state index >= 15 is 0 Å². The molecule has 1 saturated heterocycles. The lowest BCUT2D eigenvalue weighted by molar-refractivity contribution is -0.122. The van der Waals surface area contributed by atoms with Crippen molar-refractivity contribution in [3.63, 3.8) is 0 Å². The Hall–Kier alpha value is -3.81. The topological polar surface area (TPSA) is 54.3 Å². The van der Waals surface area contributed by atoms with Crippen LogP contribution in [0.3, 0.4) is 0 Å². The molecule has 34 heavy (non-hydrogen) atoms. The summed E-state index contributed by atoms with van der Waals surface area (Å²) in [5.41, 5.74) is 2.70. The summed E-state index contributed by atoms with van der Waals surface area (Å²) >= 11 is 11.6. The molecule has 1 aliphatic rings. The van der Waals surface area contributed by atoms with E-state index in [-0.39, 0.29) is 16.4 Å². The molecule has 5 nitrogen and oxygen atoms in total. The molecule has 0 radical (unpaired) electrons. The van der Waals surface area contributed by atoms with Gasteiger partial charge in [-0.2, -0.15) is 0 Å². The van der Waals surface area contributed by atoms with Gasteiger partial charge in [0.05, 0.1) is 5.69 Å². The van der Waals surface area contributed by atoms with Crippen molar-refractivity contribution >= 4 is 63.4 Å². The first-order valence-corrected chi connectivity index (χ1v) is 11.2. The van der Waals surface area contributed by atoms with Gasteiger partial charge >= 0.3 is 0 Å². The maximum absolute atomic E-state index is 13.8. The number of hydrogen-bond donors (Lipinski definition) is 1. The Morgan fingerprint density at radius 3 is 2.56 bits per heavy atom. The number of hydrogen-bond acceptors (Lipinski definition) is 3. The van der Waals surface area contributed by atoms with Crippen LogP contribution in [-0.2, 0) is 16.1 Å². The van der Waals surface area contributed by atoms with Crippen LogP contribution in [0.25, 0.3) is 17.0 Å². The summed E-state index contributed by atoms with van der Waals surface area (Å²) in [6.45, 7) is 0.517. The molecule has 0 bridgehead atoms. The van der Waals surface area contributed by atoms with Crippen LogP contribution in [0.2, 0.25) is 5.02 Å². The number of nitrogens with zero attached hydrogens (tertiary/aromatic N) is 2. The van der Waals surface area contributed by atoms with Gasteiger partial charge in [-0.25, -0.2) is 4.39 Å². The molecule has 168 valence electrons. The molecule has 1 aliphatic heterocycles. The largest absolute Gasteiger partial charge is 0.342 e. The minimum absolute atomic E-state index is 0.0982. The zero-order chi connectivity index (χ0) is 23.8. The van der Waals surface area contributed by atoms with Gasteiger partial charge in [0.2, 0.25) is 0 Å². The van der Waals surface area contributed by atoms with E-state index in [0.29, 0.717) is 17.1 Å². The Morgan fingerprint density at radius 1 is 1.00 bits per heavy atom. The van der Waals surface area contributed by atoms with E-state index in [0.717, 1.165) is 21.4 Å². The van der Waals surface area contributed by atoms with E-state index < -0.39 is 17.6 Å². The van der Waals surface area contributed by atoms with Gasteiger partial charge in [0.25, 0.3) is 11.8 Å². The summed E-state index contributed by atoms with van der Waals surface area (Å²) in [5.74, 6) is -1.74. The fourth-order valence-corrected chi connectivity index (χ4v) is 4.47. The highest BCUT2D eigenvalue weighted by atomic mass is 35.5. The Labute approximate surface area is 205 Å². The van der Waals surface area contributed by atoms with Crippen LogP contribution in [0.15, 0.2) is 84.6 Å². The summed E-state index contributed by atoms with van der Waals surface area (Å²) in [6.07, 6.45) is 3.41. The quantitative estimate of drug-likeness (QED) is 0.240. The van der Waals surface area contributed by atoms with Crippen molar-refractivity contribution in [1.82, 2.24) is 9.88 Å². The predicted octanol–water partition coefficient (Wildman–Crippen LogP) is 5.31. The van der Waals surface area contributed by atoms with Crippen molar-refractivity contribution in [1.29, 1.82) is 0 Å². The number of carbonyl (C=O) groups excluding carboxylic acids is 2. The molecule has 8 heteroatoms. The fraction of sp³-hybridized carbons (Fsp3) is 0.0385. The minimum atomic E-state index is -0.623. The number of nitrogens with one attached hydrogen (secondary N) is 1. The molecule has 0 unspecified atom stereocenters. The van der Waals surface area contributed by atoms with E-state index in [4.69, 9.17) is 23.8 Å². The van der Waals surface area contributed by atoms with Gasteiger partial charge < -0.3 is 4.57 Å². The third-order valence-corrected chi connectivity index (χ3v) is 6.24. The molecule has 1 aromatic heterocycles. The molecule has 4 aromatic rings. The number of halogens is 2. The van der Waals surface area contributed by atoms with Gasteiger partial charge in [0, 0.05) is 34.2 Å². The standard InChI is InChI=1S/C26H17ClFN3O2S/c27-22-10-3-1-6-16(22)14-30-15-17(20-9-2-4-11-23(20)30)12-21-24(32)29-26(34)31(25(21)33)19-8-5-7-18(28)13-19/h1-13,15H,14H2,(H,29,32,34)/b21-12+.